The summed E-state index contributed by atoms with van der Waals surface area (Å²) in [6.45, 7) is 1.74. The normalized spacial score (nSPS) is 20.5. The summed E-state index contributed by atoms with van der Waals surface area (Å²) < 4.78 is 38.0. The molecule has 1 atom stereocenters. The van der Waals surface area contributed by atoms with Gasteiger partial charge in [-0.15, -0.1) is 0 Å². The van der Waals surface area contributed by atoms with Crippen molar-refractivity contribution in [3.05, 3.63) is 35.6 Å². The Labute approximate surface area is 133 Å². The Hall–Kier alpha value is -0.980. The van der Waals surface area contributed by atoms with Gasteiger partial charge >= 0.3 is 0 Å². The maximum atomic E-state index is 13.1. The van der Waals surface area contributed by atoms with Gasteiger partial charge in [-0.3, -0.25) is 4.90 Å². The van der Waals surface area contributed by atoms with E-state index >= 15 is 0 Å². The van der Waals surface area contributed by atoms with Gasteiger partial charge in [0.15, 0.2) is 0 Å². The first kappa shape index (κ1) is 17.4. The first-order chi connectivity index (χ1) is 10.4. The summed E-state index contributed by atoms with van der Waals surface area (Å²) in [6, 6.07) is 6.96. The van der Waals surface area contributed by atoms with Crippen LogP contribution < -0.4 is 0 Å². The number of halogens is 1. The van der Waals surface area contributed by atoms with Crippen molar-refractivity contribution in [1.29, 1.82) is 0 Å². The minimum Gasteiger partial charge on any atom is -0.296 e. The summed E-state index contributed by atoms with van der Waals surface area (Å²) in [5.74, 6) is -0.0460. The van der Waals surface area contributed by atoms with Crippen LogP contribution in [-0.4, -0.2) is 50.6 Å². The molecule has 1 aliphatic heterocycles. The van der Waals surface area contributed by atoms with Crippen molar-refractivity contribution in [3.63, 3.8) is 0 Å². The second kappa shape index (κ2) is 7.53. The molecule has 0 radical (unpaired) electrons. The molecule has 1 heterocycles. The fraction of sp³-hybridized carbons (Fsp3) is 0.625. The Kier molecular flexibility index (Phi) is 5.94. The molecule has 0 N–H and O–H groups in total. The second-order valence-electron chi connectivity index (χ2n) is 6.05. The van der Waals surface area contributed by atoms with E-state index in [-0.39, 0.29) is 17.6 Å². The van der Waals surface area contributed by atoms with E-state index in [1.807, 2.05) is 12.1 Å². The fourth-order valence-corrected chi connectivity index (χ4v) is 3.81. The van der Waals surface area contributed by atoms with E-state index in [9.17, 15) is 12.8 Å². The van der Waals surface area contributed by atoms with Crippen LogP contribution in [0.25, 0.3) is 0 Å². The summed E-state index contributed by atoms with van der Waals surface area (Å²) in [5.41, 5.74) is 1.12. The highest BCUT2D eigenvalue weighted by Gasteiger charge is 2.24. The quantitative estimate of drug-likeness (QED) is 0.806. The first-order valence-corrected chi connectivity index (χ1v) is 9.41. The number of nitrogens with zero attached hydrogens (tertiary/aromatic N) is 2. The highest BCUT2D eigenvalue weighted by Crippen LogP contribution is 2.31. The predicted octanol–water partition coefficient (Wildman–Crippen LogP) is 2.63. The zero-order valence-electron chi connectivity index (χ0n) is 13.3. The van der Waals surface area contributed by atoms with Gasteiger partial charge in [0.25, 0.3) is 0 Å². The zero-order valence-corrected chi connectivity index (χ0v) is 14.2. The number of sulfonamides is 1. The van der Waals surface area contributed by atoms with Crippen LogP contribution in [0.15, 0.2) is 24.3 Å². The molecule has 4 nitrogen and oxygen atoms in total. The van der Waals surface area contributed by atoms with E-state index in [4.69, 9.17) is 0 Å². The zero-order chi connectivity index (χ0) is 16.2. The molecule has 1 fully saturated rings. The molecule has 1 aromatic rings. The molecule has 22 heavy (non-hydrogen) atoms. The van der Waals surface area contributed by atoms with Crippen molar-refractivity contribution in [1.82, 2.24) is 9.21 Å². The molecule has 0 bridgehead atoms. The fourth-order valence-electron chi connectivity index (χ4n) is 2.95. The second-order valence-corrected chi connectivity index (χ2v) is 8.35. The van der Waals surface area contributed by atoms with Gasteiger partial charge in [0.2, 0.25) is 10.0 Å². The summed E-state index contributed by atoms with van der Waals surface area (Å²) in [6.07, 6.45) is 3.97. The Balaban J connectivity index is 1.97. The van der Waals surface area contributed by atoms with Crippen molar-refractivity contribution in [3.8, 4) is 0 Å². The van der Waals surface area contributed by atoms with Crippen LogP contribution >= 0.6 is 0 Å². The van der Waals surface area contributed by atoms with Gasteiger partial charge in [-0.2, -0.15) is 0 Å². The van der Waals surface area contributed by atoms with Gasteiger partial charge in [-0.25, -0.2) is 17.1 Å². The SMILES string of the molecule is CN(C)S(=O)(=O)CCCN1CCCCC1c1ccc(F)cc1. The Morgan fingerprint density at radius 2 is 1.91 bits per heavy atom. The van der Waals surface area contributed by atoms with Crippen molar-refractivity contribution in [2.75, 3.05) is 32.9 Å². The number of rotatable bonds is 6. The molecule has 2 rings (SSSR count). The molecule has 0 aromatic heterocycles. The highest BCUT2D eigenvalue weighted by atomic mass is 32.2. The van der Waals surface area contributed by atoms with Gasteiger partial charge in [-0.1, -0.05) is 18.6 Å². The van der Waals surface area contributed by atoms with Gasteiger partial charge < -0.3 is 0 Å². The van der Waals surface area contributed by atoms with E-state index < -0.39 is 10.0 Å². The van der Waals surface area contributed by atoms with Crippen LogP contribution in [0.1, 0.15) is 37.3 Å². The van der Waals surface area contributed by atoms with Gasteiger partial charge in [0.05, 0.1) is 5.75 Å². The lowest BCUT2D eigenvalue weighted by Gasteiger charge is -2.36. The number of hydrogen-bond donors (Lipinski definition) is 0. The van der Waals surface area contributed by atoms with Crippen LogP contribution in [-0.2, 0) is 10.0 Å². The molecule has 1 unspecified atom stereocenters. The van der Waals surface area contributed by atoms with Crippen LogP contribution in [0.4, 0.5) is 4.39 Å². The van der Waals surface area contributed by atoms with Crippen molar-refractivity contribution >= 4 is 10.0 Å². The molecule has 1 aliphatic rings. The standard InChI is InChI=1S/C16H25FN2O2S/c1-18(2)22(20,21)13-5-12-19-11-4-3-6-16(19)14-7-9-15(17)10-8-14/h7-10,16H,3-6,11-13H2,1-2H3. The van der Waals surface area contributed by atoms with Crippen molar-refractivity contribution in [2.24, 2.45) is 0 Å². The number of benzene rings is 1. The summed E-state index contributed by atoms with van der Waals surface area (Å²) in [5, 5.41) is 0. The lowest BCUT2D eigenvalue weighted by molar-refractivity contribution is 0.149. The van der Waals surface area contributed by atoms with E-state index in [0.29, 0.717) is 6.42 Å². The third-order valence-electron chi connectivity index (χ3n) is 4.27. The van der Waals surface area contributed by atoms with E-state index in [1.54, 1.807) is 14.1 Å². The molecule has 1 aromatic carbocycles. The molecule has 1 saturated heterocycles. The van der Waals surface area contributed by atoms with Gasteiger partial charge in [0, 0.05) is 20.1 Å². The van der Waals surface area contributed by atoms with E-state index in [1.165, 1.54) is 16.4 Å². The highest BCUT2D eigenvalue weighted by molar-refractivity contribution is 7.89. The lowest BCUT2D eigenvalue weighted by atomic mass is 9.95. The third kappa shape index (κ3) is 4.51. The Bertz CT molecular complexity index is 572. The van der Waals surface area contributed by atoms with Crippen LogP contribution in [0.5, 0.6) is 0 Å². The monoisotopic (exact) mass is 328 g/mol. The van der Waals surface area contributed by atoms with Crippen LogP contribution in [0.2, 0.25) is 0 Å². The predicted molar refractivity (Wildman–Crippen MR) is 86.7 cm³/mol. The maximum Gasteiger partial charge on any atom is 0.213 e. The van der Waals surface area contributed by atoms with Crippen molar-refractivity contribution in [2.45, 2.75) is 31.7 Å². The topological polar surface area (TPSA) is 40.6 Å². The number of hydrogen-bond acceptors (Lipinski definition) is 3. The molecule has 0 aliphatic carbocycles. The first-order valence-electron chi connectivity index (χ1n) is 7.80. The Morgan fingerprint density at radius 3 is 2.55 bits per heavy atom. The molecule has 124 valence electrons. The van der Waals surface area contributed by atoms with Crippen molar-refractivity contribution < 1.29 is 12.8 Å². The minimum absolute atomic E-state index is 0.173. The van der Waals surface area contributed by atoms with Crippen LogP contribution in [0, 0.1) is 5.82 Å². The average Bonchev–Trinajstić information content (AvgIpc) is 2.48. The number of likely N-dealkylation sites (tertiary alicyclic amines) is 1. The molecule has 0 saturated carbocycles. The van der Waals surface area contributed by atoms with Gasteiger partial charge in [-0.05, 0) is 50.0 Å². The average molecular weight is 328 g/mol. The molecular weight excluding hydrogens is 303 g/mol. The van der Waals surface area contributed by atoms with Gasteiger partial charge in [0.1, 0.15) is 5.82 Å². The molecule has 0 amide bonds. The lowest BCUT2D eigenvalue weighted by Crippen LogP contribution is -2.35. The summed E-state index contributed by atoms with van der Waals surface area (Å²) >= 11 is 0. The largest absolute Gasteiger partial charge is 0.296 e. The maximum absolute atomic E-state index is 13.1. The smallest absolute Gasteiger partial charge is 0.213 e. The number of piperidine rings is 1. The van der Waals surface area contributed by atoms with Crippen LogP contribution in [0.3, 0.4) is 0 Å². The summed E-state index contributed by atoms with van der Waals surface area (Å²) in [4.78, 5) is 2.34. The minimum atomic E-state index is -3.13. The van der Waals surface area contributed by atoms with E-state index in [0.717, 1.165) is 37.9 Å². The molecule has 6 heteroatoms. The Morgan fingerprint density at radius 1 is 1.23 bits per heavy atom. The summed E-state index contributed by atoms with van der Waals surface area (Å²) in [7, 11) is 0.00436. The molecular formula is C16H25FN2O2S. The molecule has 0 spiro atoms. The van der Waals surface area contributed by atoms with E-state index in [2.05, 4.69) is 4.90 Å². The third-order valence-corrected chi connectivity index (χ3v) is 6.19.